The zero-order valence-electron chi connectivity index (χ0n) is 18.4. The first-order chi connectivity index (χ1) is 16.1. The number of fused-ring (bicyclic) bond motifs is 2. The van der Waals surface area contributed by atoms with Gasteiger partial charge in [-0.2, -0.15) is 0 Å². The number of hydrogen-bond donors (Lipinski definition) is 2. The molecule has 3 aromatic rings. The first kappa shape index (κ1) is 22.2. The van der Waals surface area contributed by atoms with E-state index in [1.165, 1.54) is 5.39 Å². The van der Waals surface area contributed by atoms with Crippen molar-refractivity contribution in [3.63, 3.8) is 0 Å². The lowest BCUT2D eigenvalue weighted by molar-refractivity contribution is -0.120. The van der Waals surface area contributed by atoms with Crippen LogP contribution in [0.3, 0.4) is 0 Å². The van der Waals surface area contributed by atoms with Gasteiger partial charge in [0.15, 0.2) is 5.44 Å². The molecule has 0 bridgehead atoms. The Morgan fingerprint density at radius 3 is 2.76 bits per heavy atom. The summed E-state index contributed by atoms with van der Waals surface area (Å²) >= 11 is 1.14. The number of hydrogen-bond acceptors (Lipinski definition) is 7. The number of thioether (sulfide) groups is 1. The van der Waals surface area contributed by atoms with Gasteiger partial charge in [0.1, 0.15) is 5.75 Å². The van der Waals surface area contributed by atoms with Gasteiger partial charge in [-0.05, 0) is 36.8 Å². The molecule has 3 heterocycles. The van der Waals surface area contributed by atoms with E-state index in [0.29, 0.717) is 6.61 Å². The number of carbonyl (C=O) groups is 1. The molecule has 33 heavy (non-hydrogen) atoms. The first-order valence-corrected chi connectivity index (χ1v) is 12.2. The van der Waals surface area contributed by atoms with Crippen LogP contribution in [-0.4, -0.2) is 70.6 Å². The van der Waals surface area contributed by atoms with Crippen LogP contribution in [-0.2, 0) is 11.3 Å². The molecule has 1 amide bonds. The number of ether oxygens (including phenoxy) is 1. The van der Waals surface area contributed by atoms with Crippen LogP contribution in [0.15, 0.2) is 59.5 Å². The van der Waals surface area contributed by atoms with Crippen LogP contribution in [0.4, 0.5) is 5.69 Å². The highest BCUT2D eigenvalue weighted by molar-refractivity contribution is 8.00. The van der Waals surface area contributed by atoms with E-state index in [-0.39, 0.29) is 5.91 Å². The average molecular weight is 465 g/mol. The van der Waals surface area contributed by atoms with E-state index in [0.717, 1.165) is 85.0 Å². The van der Waals surface area contributed by atoms with E-state index in [2.05, 4.69) is 39.4 Å². The van der Waals surface area contributed by atoms with E-state index >= 15 is 0 Å². The highest BCUT2D eigenvalue weighted by Crippen LogP contribution is 2.37. The number of rotatable bonds is 7. The molecule has 1 saturated heterocycles. The second-order valence-electron chi connectivity index (χ2n) is 8.43. The lowest BCUT2D eigenvalue weighted by Gasteiger charge is -2.34. The minimum atomic E-state index is -1.07. The number of nitrogens with one attached hydrogen (secondary N) is 1. The maximum absolute atomic E-state index is 11.5. The second kappa shape index (κ2) is 10.1. The number of para-hydroxylation sites is 1. The van der Waals surface area contributed by atoms with Crippen molar-refractivity contribution in [2.24, 2.45) is 0 Å². The summed E-state index contributed by atoms with van der Waals surface area (Å²) in [4.78, 5) is 22.1. The number of aliphatic hydroxyl groups is 1. The van der Waals surface area contributed by atoms with Crippen LogP contribution in [0.25, 0.3) is 10.9 Å². The summed E-state index contributed by atoms with van der Waals surface area (Å²) in [5.74, 6) is 0.382. The molecule has 0 spiro atoms. The quantitative estimate of drug-likeness (QED) is 0.520. The summed E-state index contributed by atoms with van der Waals surface area (Å²) in [6.07, 6.45) is 0.954. The van der Waals surface area contributed by atoms with E-state index < -0.39 is 5.44 Å². The Balaban J connectivity index is 1.03. The van der Waals surface area contributed by atoms with Gasteiger partial charge in [0.25, 0.3) is 5.91 Å². The van der Waals surface area contributed by atoms with Gasteiger partial charge < -0.3 is 20.1 Å². The Morgan fingerprint density at radius 1 is 1.06 bits per heavy atom. The normalized spacial score (nSPS) is 19.3. The fourth-order valence-corrected chi connectivity index (χ4v) is 5.07. The van der Waals surface area contributed by atoms with Gasteiger partial charge in [-0.1, -0.05) is 36.0 Å². The maximum Gasteiger partial charge on any atom is 0.264 e. The fourth-order valence-electron chi connectivity index (χ4n) is 4.24. The van der Waals surface area contributed by atoms with E-state index in [9.17, 15) is 9.90 Å². The third-order valence-electron chi connectivity index (χ3n) is 6.07. The van der Waals surface area contributed by atoms with Gasteiger partial charge in [-0.25, -0.2) is 0 Å². The predicted octanol–water partition coefficient (Wildman–Crippen LogP) is 3.18. The number of piperazine rings is 1. The van der Waals surface area contributed by atoms with Crippen LogP contribution in [0.1, 0.15) is 12.1 Å². The summed E-state index contributed by atoms with van der Waals surface area (Å²) in [6, 6.07) is 18.1. The lowest BCUT2D eigenvalue weighted by Crippen LogP contribution is -2.46. The van der Waals surface area contributed by atoms with Gasteiger partial charge >= 0.3 is 0 Å². The topological polar surface area (TPSA) is 77.9 Å². The minimum absolute atomic E-state index is 0.380. The van der Waals surface area contributed by atoms with Crippen molar-refractivity contribution >= 4 is 34.3 Å². The predicted molar refractivity (Wildman–Crippen MR) is 131 cm³/mol. The summed E-state index contributed by atoms with van der Waals surface area (Å²) < 4.78 is 5.91. The molecule has 1 unspecified atom stereocenters. The Labute approximate surface area is 197 Å². The highest BCUT2D eigenvalue weighted by Gasteiger charge is 2.25. The van der Waals surface area contributed by atoms with Gasteiger partial charge in [0, 0.05) is 49.6 Å². The number of carbonyl (C=O) groups excluding carboxylic acids is 1. The lowest BCUT2D eigenvalue weighted by atomic mass is 10.2. The number of pyridine rings is 1. The van der Waals surface area contributed by atoms with Crippen molar-refractivity contribution in [2.45, 2.75) is 23.3 Å². The van der Waals surface area contributed by atoms with Crippen LogP contribution in [0, 0.1) is 0 Å². The van der Waals surface area contributed by atoms with Crippen molar-refractivity contribution in [3.05, 3.63) is 60.3 Å². The molecule has 8 heteroatoms. The van der Waals surface area contributed by atoms with Crippen molar-refractivity contribution in [3.8, 4) is 5.75 Å². The zero-order chi connectivity index (χ0) is 22.6. The van der Waals surface area contributed by atoms with Gasteiger partial charge in [-0.3, -0.25) is 14.7 Å². The SMILES string of the molecule is O=C1Nc2ccc(OCCCN3CCN(Cc4ccc5ccccc5n4)CC3)cc2SC1O. The van der Waals surface area contributed by atoms with E-state index in [1.54, 1.807) is 0 Å². The van der Waals surface area contributed by atoms with Crippen molar-refractivity contribution in [2.75, 3.05) is 44.6 Å². The molecule has 0 aliphatic carbocycles. The Morgan fingerprint density at radius 2 is 1.88 bits per heavy atom. The number of nitrogens with zero attached hydrogens (tertiary/aromatic N) is 3. The molecule has 1 fully saturated rings. The number of aliphatic hydroxyl groups excluding tert-OH is 1. The highest BCUT2D eigenvalue weighted by atomic mass is 32.2. The summed E-state index contributed by atoms with van der Waals surface area (Å²) in [7, 11) is 0. The molecule has 5 rings (SSSR count). The summed E-state index contributed by atoms with van der Waals surface area (Å²) in [6.45, 7) is 6.75. The van der Waals surface area contributed by atoms with Gasteiger partial charge in [0.05, 0.1) is 23.5 Å². The third kappa shape index (κ3) is 5.47. The third-order valence-corrected chi connectivity index (χ3v) is 7.10. The largest absolute Gasteiger partial charge is 0.494 e. The molecule has 0 saturated carbocycles. The van der Waals surface area contributed by atoms with Gasteiger partial charge in [0.2, 0.25) is 0 Å². The Bertz CT molecular complexity index is 1130. The molecule has 0 radical (unpaired) electrons. The molecule has 1 aromatic heterocycles. The molecular weight excluding hydrogens is 436 g/mol. The average Bonchev–Trinajstić information content (AvgIpc) is 2.83. The van der Waals surface area contributed by atoms with Crippen molar-refractivity contribution < 1.29 is 14.6 Å². The van der Waals surface area contributed by atoms with Crippen LogP contribution in [0.5, 0.6) is 5.75 Å². The summed E-state index contributed by atoms with van der Waals surface area (Å²) in [5.41, 5.74) is 1.85. The number of benzene rings is 2. The van der Waals surface area contributed by atoms with Crippen molar-refractivity contribution in [1.29, 1.82) is 0 Å². The molecule has 172 valence electrons. The number of amides is 1. The number of anilines is 1. The maximum atomic E-state index is 11.5. The fraction of sp³-hybridized carbons (Fsp3) is 0.360. The second-order valence-corrected chi connectivity index (χ2v) is 9.55. The molecular formula is C25H28N4O3S. The standard InChI is InChI=1S/C25H28N4O3S/c30-24-25(31)33-23-16-20(8-9-22(23)27-24)32-15-3-10-28-11-13-29(14-12-28)17-19-7-6-18-4-1-2-5-21(18)26-19/h1-2,4-9,16,25,31H,3,10-15,17H2,(H,27,30). The number of aromatic nitrogens is 1. The first-order valence-electron chi connectivity index (χ1n) is 11.4. The Hall–Kier alpha value is -2.65. The molecule has 7 nitrogen and oxygen atoms in total. The summed E-state index contributed by atoms with van der Waals surface area (Å²) in [5, 5.41) is 13.6. The Kier molecular flexibility index (Phi) is 6.78. The molecule has 2 aliphatic heterocycles. The van der Waals surface area contributed by atoms with Gasteiger partial charge in [-0.15, -0.1) is 0 Å². The van der Waals surface area contributed by atoms with E-state index in [4.69, 9.17) is 9.72 Å². The smallest absolute Gasteiger partial charge is 0.264 e. The van der Waals surface area contributed by atoms with Crippen LogP contribution >= 0.6 is 11.8 Å². The van der Waals surface area contributed by atoms with E-state index in [1.807, 2.05) is 30.3 Å². The zero-order valence-corrected chi connectivity index (χ0v) is 19.3. The van der Waals surface area contributed by atoms with Crippen molar-refractivity contribution in [1.82, 2.24) is 14.8 Å². The monoisotopic (exact) mass is 464 g/mol. The molecule has 2 aromatic carbocycles. The van der Waals surface area contributed by atoms with Crippen LogP contribution < -0.4 is 10.1 Å². The minimum Gasteiger partial charge on any atom is -0.494 e. The molecule has 1 atom stereocenters. The molecule has 2 N–H and O–H groups in total. The van der Waals surface area contributed by atoms with Crippen LogP contribution in [0.2, 0.25) is 0 Å². The molecule has 2 aliphatic rings.